The maximum atomic E-state index is 13.0. The van der Waals surface area contributed by atoms with Gasteiger partial charge in [0.25, 0.3) is 0 Å². The van der Waals surface area contributed by atoms with Crippen LogP contribution in [0.15, 0.2) is 0 Å². The molecule has 2 aliphatic heterocycles. The maximum Gasteiger partial charge on any atom is 0.237 e. The first-order valence-corrected chi connectivity index (χ1v) is 12.9. The van der Waals surface area contributed by atoms with Crippen LogP contribution in [-0.4, -0.2) is 106 Å². The number of thioether (sulfide) groups is 1. The van der Waals surface area contributed by atoms with Crippen LogP contribution in [0.25, 0.3) is 0 Å². The van der Waals surface area contributed by atoms with Crippen molar-refractivity contribution in [3.05, 3.63) is 0 Å². The molecule has 32 heavy (non-hydrogen) atoms. The van der Waals surface area contributed by atoms with Crippen molar-refractivity contribution in [2.45, 2.75) is 86.3 Å². The summed E-state index contributed by atoms with van der Waals surface area (Å²) in [4.78, 5) is 26.5. The van der Waals surface area contributed by atoms with Gasteiger partial charge in [-0.1, -0.05) is 0 Å². The predicted molar refractivity (Wildman–Crippen MR) is 125 cm³/mol. The third-order valence-electron chi connectivity index (χ3n) is 6.39. The highest BCUT2D eigenvalue weighted by molar-refractivity contribution is 7.99. The number of hydrogen-bond donors (Lipinski definition) is 5. The van der Waals surface area contributed by atoms with E-state index in [9.17, 15) is 24.9 Å². The van der Waals surface area contributed by atoms with Crippen molar-refractivity contribution in [3.8, 4) is 0 Å². The van der Waals surface area contributed by atoms with Crippen LogP contribution in [0, 0.1) is 5.92 Å². The molecule has 0 bridgehead atoms. The third-order valence-corrected chi connectivity index (χ3v) is 7.51. The SMILES string of the molecule is CSC1O[C@H]([C@H](NC(=O)C2CC[C@H](CCC(=O)N(C)C)CCN2)[C@H](C)Cl)C(O)C(O)[C@H]1O. The Morgan fingerprint density at radius 3 is 2.47 bits per heavy atom. The second-order valence-electron chi connectivity index (χ2n) is 8.95. The number of amides is 2. The highest BCUT2D eigenvalue weighted by atomic mass is 35.5. The second kappa shape index (κ2) is 12.7. The average molecular weight is 496 g/mol. The van der Waals surface area contributed by atoms with Gasteiger partial charge in [-0.05, 0) is 51.3 Å². The van der Waals surface area contributed by atoms with Crippen LogP contribution in [-0.2, 0) is 14.3 Å². The van der Waals surface area contributed by atoms with Gasteiger partial charge < -0.3 is 35.6 Å². The standard InChI is InChI=1S/C21H38ClN3O6S/c1-11(22)15(19-17(28)16(27)18(29)21(31-19)32-4)24-20(30)13-7-5-12(9-10-23-13)6-8-14(26)25(2)3/h11-13,15-19,21,23,27-29H,5-10H2,1-4H3,(H,24,30)/t11-,12+,13?,15+,16?,17?,18+,19+,21?/m0/s1. The molecule has 9 atom stereocenters. The highest BCUT2D eigenvalue weighted by Gasteiger charge is 2.48. The number of hydrogen-bond acceptors (Lipinski definition) is 8. The van der Waals surface area contributed by atoms with Gasteiger partial charge in [0.1, 0.15) is 29.9 Å². The lowest BCUT2D eigenvalue weighted by Gasteiger charge is -2.44. The van der Waals surface area contributed by atoms with E-state index < -0.39 is 47.3 Å². The van der Waals surface area contributed by atoms with Gasteiger partial charge in [0, 0.05) is 20.5 Å². The van der Waals surface area contributed by atoms with E-state index in [4.69, 9.17) is 16.3 Å². The Morgan fingerprint density at radius 1 is 1.19 bits per heavy atom. The smallest absolute Gasteiger partial charge is 0.237 e. The fourth-order valence-electron chi connectivity index (χ4n) is 4.26. The minimum Gasteiger partial charge on any atom is -0.388 e. The van der Waals surface area contributed by atoms with E-state index in [0.717, 1.165) is 19.3 Å². The molecule has 2 heterocycles. The molecule has 0 aromatic carbocycles. The summed E-state index contributed by atoms with van der Waals surface area (Å²) < 4.78 is 5.81. The largest absolute Gasteiger partial charge is 0.388 e. The molecule has 0 saturated carbocycles. The zero-order valence-electron chi connectivity index (χ0n) is 19.2. The molecule has 5 N–H and O–H groups in total. The number of alkyl halides is 1. The van der Waals surface area contributed by atoms with Gasteiger partial charge in [-0.15, -0.1) is 23.4 Å². The van der Waals surface area contributed by atoms with E-state index in [1.54, 1.807) is 32.2 Å². The van der Waals surface area contributed by atoms with Gasteiger partial charge in [-0.25, -0.2) is 0 Å². The van der Waals surface area contributed by atoms with Crippen molar-refractivity contribution < 1.29 is 29.6 Å². The molecular weight excluding hydrogens is 458 g/mol. The first kappa shape index (κ1) is 27.6. The fourth-order valence-corrected chi connectivity index (χ4v) is 5.15. The number of aliphatic hydroxyl groups is 3. The molecule has 0 aromatic heterocycles. The lowest BCUT2D eigenvalue weighted by Crippen LogP contribution is -2.65. The molecule has 11 heteroatoms. The number of nitrogens with one attached hydrogen (secondary N) is 2. The van der Waals surface area contributed by atoms with E-state index >= 15 is 0 Å². The quantitative estimate of drug-likeness (QED) is 0.295. The molecule has 4 unspecified atom stereocenters. The Labute approximate surface area is 199 Å². The summed E-state index contributed by atoms with van der Waals surface area (Å²) in [5.74, 6) is 0.233. The van der Waals surface area contributed by atoms with E-state index in [-0.39, 0.29) is 11.8 Å². The molecule has 186 valence electrons. The summed E-state index contributed by atoms with van der Waals surface area (Å²) in [6, 6.07) is -1.18. The molecule has 2 aliphatic rings. The minimum absolute atomic E-state index is 0.109. The topological polar surface area (TPSA) is 131 Å². The van der Waals surface area contributed by atoms with E-state index in [1.165, 1.54) is 11.8 Å². The van der Waals surface area contributed by atoms with Crippen molar-refractivity contribution in [2.75, 3.05) is 26.9 Å². The number of ether oxygens (including phenoxy) is 1. The summed E-state index contributed by atoms with van der Waals surface area (Å²) in [6.45, 7) is 2.36. The number of carbonyl (C=O) groups is 2. The van der Waals surface area contributed by atoms with Crippen LogP contribution < -0.4 is 10.6 Å². The second-order valence-corrected chi connectivity index (χ2v) is 10.6. The highest BCUT2D eigenvalue weighted by Crippen LogP contribution is 2.30. The summed E-state index contributed by atoms with van der Waals surface area (Å²) in [6.07, 6.45) is 0.386. The molecule has 9 nitrogen and oxygen atoms in total. The lowest BCUT2D eigenvalue weighted by molar-refractivity contribution is -0.205. The lowest BCUT2D eigenvalue weighted by atomic mass is 9.92. The van der Waals surface area contributed by atoms with Crippen molar-refractivity contribution in [2.24, 2.45) is 5.92 Å². The molecule has 2 saturated heterocycles. The Bertz CT molecular complexity index is 626. The zero-order chi connectivity index (χ0) is 24.0. The van der Waals surface area contributed by atoms with E-state index in [1.807, 2.05) is 0 Å². The van der Waals surface area contributed by atoms with Gasteiger partial charge in [-0.3, -0.25) is 9.59 Å². The van der Waals surface area contributed by atoms with Gasteiger partial charge in [0.15, 0.2) is 0 Å². The summed E-state index contributed by atoms with van der Waals surface area (Å²) >= 11 is 7.55. The van der Waals surface area contributed by atoms with Crippen LogP contribution in [0.4, 0.5) is 0 Å². The molecule has 0 aromatic rings. The fraction of sp³-hybridized carbons (Fsp3) is 0.905. The van der Waals surface area contributed by atoms with Gasteiger partial charge in [-0.2, -0.15) is 0 Å². The van der Waals surface area contributed by atoms with Crippen LogP contribution in [0.3, 0.4) is 0 Å². The zero-order valence-corrected chi connectivity index (χ0v) is 20.8. The molecule has 2 amide bonds. The van der Waals surface area contributed by atoms with Gasteiger partial charge in [0.2, 0.25) is 11.8 Å². The predicted octanol–water partition coefficient (Wildman–Crippen LogP) is -0.104. The summed E-state index contributed by atoms with van der Waals surface area (Å²) in [5, 5.41) is 36.4. The first-order chi connectivity index (χ1) is 15.1. The Kier molecular flexibility index (Phi) is 11.0. The first-order valence-electron chi connectivity index (χ1n) is 11.2. The summed E-state index contributed by atoms with van der Waals surface area (Å²) in [5.41, 5.74) is -0.741. The number of aliphatic hydroxyl groups excluding tert-OH is 3. The third kappa shape index (κ3) is 7.19. The van der Waals surface area contributed by atoms with Crippen LogP contribution >= 0.6 is 23.4 Å². The van der Waals surface area contributed by atoms with E-state index in [2.05, 4.69) is 10.6 Å². The van der Waals surface area contributed by atoms with Crippen molar-refractivity contribution in [3.63, 3.8) is 0 Å². The Balaban J connectivity index is 1.97. The van der Waals surface area contributed by atoms with Crippen LogP contribution in [0.1, 0.15) is 39.0 Å². The number of rotatable bonds is 8. The summed E-state index contributed by atoms with van der Waals surface area (Å²) in [7, 11) is 3.50. The molecule has 0 spiro atoms. The van der Waals surface area contributed by atoms with Crippen molar-refractivity contribution in [1.29, 1.82) is 0 Å². The maximum absolute atomic E-state index is 13.0. The molecule has 2 rings (SSSR count). The van der Waals surface area contributed by atoms with Crippen LogP contribution in [0.5, 0.6) is 0 Å². The molecule has 2 fully saturated rings. The minimum atomic E-state index is -1.40. The van der Waals surface area contributed by atoms with Gasteiger partial charge in [0.05, 0.1) is 17.5 Å². The molecule has 0 aliphatic carbocycles. The van der Waals surface area contributed by atoms with E-state index in [0.29, 0.717) is 25.3 Å². The van der Waals surface area contributed by atoms with Crippen molar-refractivity contribution in [1.82, 2.24) is 15.5 Å². The number of carbonyl (C=O) groups excluding carboxylic acids is 2. The number of nitrogens with zero attached hydrogens (tertiary/aromatic N) is 1. The Morgan fingerprint density at radius 2 is 1.88 bits per heavy atom. The molecular formula is C21H38ClN3O6S. The monoisotopic (exact) mass is 495 g/mol. The normalized spacial score (nSPS) is 35.4. The van der Waals surface area contributed by atoms with Crippen LogP contribution in [0.2, 0.25) is 0 Å². The average Bonchev–Trinajstić information content (AvgIpc) is 3.00. The number of halogens is 1. The molecule has 0 radical (unpaired) electrons. The Hall–Kier alpha value is -0.620. The van der Waals surface area contributed by atoms with Gasteiger partial charge >= 0.3 is 0 Å². The van der Waals surface area contributed by atoms with Crippen molar-refractivity contribution >= 4 is 35.2 Å².